The van der Waals surface area contributed by atoms with E-state index >= 15 is 0 Å². The average molecular weight is 370 g/mol. The smallest absolute Gasteiger partial charge is 0.409 e. The van der Waals surface area contributed by atoms with E-state index in [1.807, 2.05) is 11.8 Å². The minimum absolute atomic E-state index is 0.120. The van der Waals surface area contributed by atoms with Crippen LogP contribution < -0.4 is 10.1 Å². The van der Waals surface area contributed by atoms with Gasteiger partial charge < -0.3 is 19.7 Å². The highest BCUT2D eigenvalue weighted by Gasteiger charge is 2.28. The lowest BCUT2D eigenvalue weighted by Crippen LogP contribution is -2.54. The molecule has 25 heavy (non-hydrogen) atoms. The Bertz CT molecular complexity index is 618. The van der Waals surface area contributed by atoms with Gasteiger partial charge >= 0.3 is 6.09 Å². The van der Waals surface area contributed by atoms with Gasteiger partial charge in [-0.3, -0.25) is 9.69 Å². The standard InChI is InChI=1S/C17H24ClN3O4/c1-4-25-17(23)21-9-7-20(8-10-21)12(2)16(22)19-13-5-6-15(24-3)14(18)11-13/h5-6,11-12H,4,7-10H2,1-3H3,(H,19,22)/t12-/m1/s1. The van der Waals surface area contributed by atoms with Gasteiger partial charge in [0.05, 0.1) is 24.8 Å². The highest BCUT2D eigenvalue weighted by molar-refractivity contribution is 6.32. The Balaban J connectivity index is 1.88. The molecule has 0 aliphatic carbocycles. The van der Waals surface area contributed by atoms with Crippen LogP contribution in [0.3, 0.4) is 0 Å². The molecule has 0 aromatic heterocycles. The summed E-state index contributed by atoms with van der Waals surface area (Å²) in [6.07, 6.45) is -0.299. The second kappa shape index (κ2) is 8.92. The molecule has 1 aliphatic heterocycles. The molecule has 0 saturated carbocycles. The van der Waals surface area contributed by atoms with Gasteiger partial charge in [-0.2, -0.15) is 0 Å². The van der Waals surface area contributed by atoms with Crippen molar-refractivity contribution in [1.82, 2.24) is 9.80 Å². The zero-order valence-electron chi connectivity index (χ0n) is 14.8. The highest BCUT2D eigenvalue weighted by Crippen LogP contribution is 2.27. The predicted octanol–water partition coefficient (Wildman–Crippen LogP) is 2.45. The number of benzene rings is 1. The van der Waals surface area contributed by atoms with Gasteiger partial charge in [-0.1, -0.05) is 11.6 Å². The maximum absolute atomic E-state index is 12.5. The summed E-state index contributed by atoms with van der Waals surface area (Å²) in [6, 6.07) is 4.79. The summed E-state index contributed by atoms with van der Waals surface area (Å²) in [5, 5.41) is 3.30. The molecule has 1 heterocycles. The average Bonchev–Trinajstić information content (AvgIpc) is 2.61. The fraction of sp³-hybridized carbons (Fsp3) is 0.529. The van der Waals surface area contributed by atoms with E-state index in [1.54, 1.807) is 30.0 Å². The number of carbonyl (C=O) groups is 2. The Morgan fingerprint density at radius 2 is 1.96 bits per heavy atom. The summed E-state index contributed by atoms with van der Waals surface area (Å²) in [6.45, 7) is 6.33. The number of methoxy groups -OCH3 is 1. The molecule has 1 N–H and O–H groups in total. The third-order valence-electron chi connectivity index (χ3n) is 4.19. The van der Waals surface area contributed by atoms with Crippen LogP contribution in [0.25, 0.3) is 0 Å². The Morgan fingerprint density at radius 3 is 2.52 bits per heavy atom. The Morgan fingerprint density at radius 1 is 1.28 bits per heavy atom. The molecule has 8 heteroatoms. The van der Waals surface area contributed by atoms with Crippen molar-refractivity contribution in [3.63, 3.8) is 0 Å². The third kappa shape index (κ3) is 4.99. The normalized spacial score (nSPS) is 16.2. The number of hydrogen-bond acceptors (Lipinski definition) is 5. The van der Waals surface area contributed by atoms with Crippen LogP contribution in [0.5, 0.6) is 5.75 Å². The second-order valence-electron chi connectivity index (χ2n) is 5.74. The molecule has 0 radical (unpaired) electrons. The quantitative estimate of drug-likeness (QED) is 0.863. The zero-order valence-corrected chi connectivity index (χ0v) is 15.5. The molecule has 1 atom stereocenters. The van der Waals surface area contributed by atoms with E-state index in [1.165, 1.54) is 7.11 Å². The van der Waals surface area contributed by atoms with Crippen LogP contribution in [0.1, 0.15) is 13.8 Å². The third-order valence-corrected chi connectivity index (χ3v) is 4.48. The van der Waals surface area contributed by atoms with Gasteiger partial charge in [0.25, 0.3) is 0 Å². The number of rotatable bonds is 5. The van der Waals surface area contributed by atoms with Gasteiger partial charge in [0.15, 0.2) is 0 Å². The lowest BCUT2D eigenvalue weighted by atomic mass is 10.2. The number of halogens is 1. The van der Waals surface area contributed by atoms with Crippen LogP contribution in [0, 0.1) is 0 Å². The summed E-state index contributed by atoms with van der Waals surface area (Å²) < 4.78 is 10.1. The minimum Gasteiger partial charge on any atom is -0.495 e. The van der Waals surface area contributed by atoms with Crippen molar-refractivity contribution in [3.8, 4) is 5.75 Å². The van der Waals surface area contributed by atoms with Gasteiger partial charge in [-0.15, -0.1) is 0 Å². The van der Waals surface area contributed by atoms with Crippen LogP contribution in [-0.4, -0.2) is 67.7 Å². The number of anilines is 1. The van der Waals surface area contributed by atoms with Gasteiger partial charge in [0.1, 0.15) is 5.75 Å². The first-order chi connectivity index (χ1) is 12.0. The molecule has 0 spiro atoms. The summed E-state index contributed by atoms with van der Waals surface area (Å²) >= 11 is 6.08. The maximum atomic E-state index is 12.5. The van der Waals surface area contributed by atoms with E-state index in [2.05, 4.69) is 5.32 Å². The minimum atomic E-state index is -0.315. The molecule has 1 aromatic carbocycles. The monoisotopic (exact) mass is 369 g/mol. The Kier molecular flexibility index (Phi) is 6.90. The fourth-order valence-corrected chi connectivity index (χ4v) is 2.92. The van der Waals surface area contributed by atoms with E-state index in [9.17, 15) is 9.59 Å². The van der Waals surface area contributed by atoms with Gasteiger partial charge in [0.2, 0.25) is 5.91 Å². The van der Waals surface area contributed by atoms with E-state index in [4.69, 9.17) is 21.1 Å². The SMILES string of the molecule is CCOC(=O)N1CCN([C@H](C)C(=O)Nc2ccc(OC)c(Cl)c2)CC1. The highest BCUT2D eigenvalue weighted by atomic mass is 35.5. The van der Waals surface area contributed by atoms with E-state index < -0.39 is 0 Å². The van der Waals surface area contributed by atoms with E-state index in [-0.39, 0.29) is 18.0 Å². The van der Waals surface area contributed by atoms with Crippen LogP contribution in [0.4, 0.5) is 10.5 Å². The Labute approximate surface area is 152 Å². The number of amides is 2. The Hall–Kier alpha value is -1.99. The van der Waals surface area contributed by atoms with Crippen LogP contribution >= 0.6 is 11.6 Å². The first-order valence-electron chi connectivity index (χ1n) is 8.26. The number of nitrogens with zero attached hydrogens (tertiary/aromatic N) is 2. The first-order valence-corrected chi connectivity index (χ1v) is 8.64. The largest absolute Gasteiger partial charge is 0.495 e. The molecule has 7 nitrogen and oxygen atoms in total. The van der Waals surface area contributed by atoms with Crippen molar-refractivity contribution in [1.29, 1.82) is 0 Å². The van der Waals surface area contributed by atoms with Gasteiger partial charge in [0, 0.05) is 31.9 Å². The summed E-state index contributed by atoms with van der Waals surface area (Å²) in [5.41, 5.74) is 0.618. The van der Waals surface area contributed by atoms with Gasteiger partial charge in [-0.25, -0.2) is 4.79 Å². The maximum Gasteiger partial charge on any atom is 0.409 e. The summed E-state index contributed by atoms with van der Waals surface area (Å²) in [7, 11) is 1.54. The number of piperazine rings is 1. The number of nitrogens with one attached hydrogen (secondary N) is 1. The van der Waals surface area contributed by atoms with Crippen molar-refractivity contribution >= 4 is 29.3 Å². The molecule has 1 fully saturated rings. The van der Waals surface area contributed by atoms with Crippen molar-refractivity contribution in [2.45, 2.75) is 19.9 Å². The molecule has 1 saturated heterocycles. The van der Waals surface area contributed by atoms with E-state index in [0.717, 1.165) is 0 Å². The number of ether oxygens (including phenoxy) is 2. The topological polar surface area (TPSA) is 71.1 Å². The molecule has 2 amide bonds. The lowest BCUT2D eigenvalue weighted by molar-refractivity contribution is -0.121. The summed E-state index contributed by atoms with van der Waals surface area (Å²) in [4.78, 5) is 27.9. The first kappa shape index (κ1) is 19.3. The fourth-order valence-electron chi connectivity index (χ4n) is 2.66. The van der Waals surface area contributed by atoms with Crippen LogP contribution in [-0.2, 0) is 9.53 Å². The van der Waals surface area contributed by atoms with Crippen molar-refractivity contribution in [2.75, 3.05) is 45.2 Å². The summed E-state index contributed by atoms with van der Waals surface area (Å²) in [5.74, 6) is 0.439. The lowest BCUT2D eigenvalue weighted by Gasteiger charge is -2.36. The van der Waals surface area contributed by atoms with Crippen molar-refractivity contribution in [3.05, 3.63) is 23.2 Å². The molecule has 1 aromatic rings. The molecule has 2 rings (SSSR count). The molecule has 0 bridgehead atoms. The molecular formula is C17H24ClN3O4. The number of carbonyl (C=O) groups excluding carboxylic acids is 2. The number of hydrogen-bond donors (Lipinski definition) is 1. The van der Waals surface area contributed by atoms with Crippen molar-refractivity contribution in [2.24, 2.45) is 0 Å². The van der Waals surface area contributed by atoms with E-state index in [0.29, 0.717) is 49.2 Å². The van der Waals surface area contributed by atoms with Crippen molar-refractivity contribution < 1.29 is 19.1 Å². The van der Waals surface area contributed by atoms with Crippen LogP contribution in [0.15, 0.2) is 18.2 Å². The zero-order chi connectivity index (χ0) is 18.4. The van der Waals surface area contributed by atoms with Gasteiger partial charge in [-0.05, 0) is 32.0 Å². The molecular weight excluding hydrogens is 346 g/mol. The molecule has 1 aliphatic rings. The second-order valence-corrected chi connectivity index (χ2v) is 6.14. The molecule has 138 valence electrons. The van der Waals surface area contributed by atoms with Crippen LogP contribution in [0.2, 0.25) is 5.02 Å². The molecule has 0 unspecified atom stereocenters. The predicted molar refractivity (Wildman–Crippen MR) is 96.3 cm³/mol.